The predicted octanol–water partition coefficient (Wildman–Crippen LogP) is 3.97. The fraction of sp³-hybridized carbons (Fsp3) is 0.250. The lowest BCUT2D eigenvalue weighted by Gasteiger charge is -2.24. The van der Waals surface area contributed by atoms with Gasteiger partial charge in [0.2, 0.25) is 0 Å². The van der Waals surface area contributed by atoms with Crippen LogP contribution in [-0.4, -0.2) is 7.28 Å². The highest BCUT2D eigenvalue weighted by atomic mass is 19.1. The Morgan fingerprint density at radius 2 is 1.72 bits per heavy atom. The van der Waals surface area contributed by atoms with Gasteiger partial charge in [-0.25, -0.2) is 4.39 Å². The lowest BCUT2D eigenvalue weighted by Crippen LogP contribution is -2.27. The van der Waals surface area contributed by atoms with E-state index in [-0.39, 0.29) is 11.1 Å². The van der Waals surface area contributed by atoms with E-state index in [4.69, 9.17) is 0 Å². The first kappa shape index (κ1) is 12.9. The number of rotatable bonds is 4. The van der Waals surface area contributed by atoms with E-state index in [2.05, 4.69) is 33.3 Å². The Kier molecular flexibility index (Phi) is 3.85. The maximum atomic E-state index is 13.2. The Balaban J connectivity index is 2.08. The predicted molar refractivity (Wildman–Crippen MR) is 75.3 cm³/mol. The van der Waals surface area contributed by atoms with Gasteiger partial charge in [0.1, 0.15) is 13.1 Å². The molecule has 0 N–H and O–H groups in total. The molecule has 0 heterocycles. The maximum absolute atomic E-state index is 13.2. The molecule has 18 heavy (non-hydrogen) atoms. The van der Waals surface area contributed by atoms with E-state index in [1.54, 1.807) is 12.1 Å². The average molecular weight is 239 g/mol. The second kappa shape index (κ2) is 5.39. The van der Waals surface area contributed by atoms with Gasteiger partial charge in [-0.15, -0.1) is 0 Å². The van der Waals surface area contributed by atoms with Gasteiger partial charge < -0.3 is 0 Å². The van der Waals surface area contributed by atoms with Crippen molar-refractivity contribution in [2.45, 2.75) is 25.5 Å². The van der Waals surface area contributed by atoms with E-state index in [9.17, 15) is 4.39 Å². The molecule has 2 aromatic rings. The molecule has 0 spiro atoms. The highest BCUT2D eigenvalue weighted by Gasteiger charge is 2.21. The van der Waals surface area contributed by atoms with E-state index in [0.717, 1.165) is 11.9 Å². The number of benzene rings is 2. The molecule has 0 fully saturated rings. The van der Waals surface area contributed by atoms with Crippen LogP contribution in [0.2, 0.25) is 0 Å². The monoisotopic (exact) mass is 239 g/mol. The van der Waals surface area contributed by atoms with Gasteiger partial charge in [0.25, 0.3) is 0 Å². The lowest BCUT2D eigenvalue weighted by atomic mass is 9.49. The maximum Gasteiger partial charge on any atom is 0.128 e. The summed E-state index contributed by atoms with van der Waals surface area (Å²) in [5.41, 5.74) is 2.29. The van der Waals surface area contributed by atoms with Gasteiger partial charge in [-0.05, 0) is 23.0 Å². The zero-order chi connectivity index (χ0) is 13.0. The Morgan fingerprint density at radius 3 is 2.39 bits per heavy atom. The second-order valence-electron chi connectivity index (χ2n) is 5.13. The molecule has 0 aromatic heterocycles. The molecule has 0 saturated heterocycles. The van der Waals surface area contributed by atoms with Crippen molar-refractivity contribution < 1.29 is 4.39 Å². The average Bonchev–Trinajstić information content (AvgIpc) is 2.38. The highest BCUT2D eigenvalue weighted by Crippen LogP contribution is 2.23. The van der Waals surface area contributed by atoms with Crippen LogP contribution in [-0.2, 0) is 11.6 Å². The van der Waals surface area contributed by atoms with E-state index >= 15 is 0 Å². The zero-order valence-electron chi connectivity index (χ0n) is 10.9. The summed E-state index contributed by atoms with van der Waals surface area (Å²) in [5, 5.41) is -0.127. The number of halogens is 1. The third kappa shape index (κ3) is 3.22. The molecule has 0 unspecified atom stereocenters. The third-order valence-electron chi connectivity index (χ3n) is 3.26. The minimum atomic E-state index is -0.173. The van der Waals surface area contributed by atoms with Crippen LogP contribution in [0.4, 0.5) is 4.39 Å². The van der Waals surface area contributed by atoms with Crippen LogP contribution in [0, 0.1) is 5.82 Å². The quantitative estimate of drug-likeness (QED) is 0.708. The summed E-state index contributed by atoms with van der Waals surface area (Å²) in [5.74, 6) is -0.173. The molecule has 0 saturated carbocycles. The fourth-order valence-electron chi connectivity index (χ4n) is 1.99. The fourth-order valence-corrected chi connectivity index (χ4v) is 1.99. The van der Waals surface area contributed by atoms with Crippen molar-refractivity contribution in [3.8, 4) is 0 Å². The molecule has 91 valence electrons. The van der Waals surface area contributed by atoms with Gasteiger partial charge in [0.05, 0.1) is 0 Å². The van der Waals surface area contributed by atoms with E-state index in [1.165, 1.54) is 11.6 Å². The zero-order valence-corrected chi connectivity index (χ0v) is 10.9. The third-order valence-corrected chi connectivity index (χ3v) is 3.26. The van der Waals surface area contributed by atoms with Crippen LogP contribution in [0.25, 0.3) is 0 Å². The summed E-state index contributed by atoms with van der Waals surface area (Å²) >= 11 is 0. The molecule has 0 bridgehead atoms. The number of hydrogen-bond donors (Lipinski definition) is 0. The van der Waals surface area contributed by atoms with Crippen LogP contribution in [0.1, 0.15) is 25.0 Å². The van der Waals surface area contributed by atoms with Crippen molar-refractivity contribution in [3.63, 3.8) is 0 Å². The topological polar surface area (TPSA) is 0 Å². The van der Waals surface area contributed by atoms with Gasteiger partial charge in [-0.3, -0.25) is 0 Å². The normalized spacial score (nSPS) is 11.3. The van der Waals surface area contributed by atoms with Crippen molar-refractivity contribution in [2.24, 2.45) is 0 Å². The molecule has 0 atom stereocenters. The second-order valence-corrected chi connectivity index (χ2v) is 5.13. The minimum absolute atomic E-state index is 0.127. The molecule has 0 nitrogen and oxygen atoms in total. The van der Waals surface area contributed by atoms with Gasteiger partial charge in [-0.1, -0.05) is 68.2 Å². The molecular formula is C16H17BF. The summed E-state index contributed by atoms with van der Waals surface area (Å²) in [7, 11) is 2.23. The Hall–Kier alpha value is -1.57. The van der Waals surface area contributed by atoms with Crippen molar-refractivity contribution in [1.82, 2.24) is 0 Å². The minimum Gasteiger partial charge on any atom is -0.207 e. The standard InChI is InChI=1S/C16H17BF/c1-16(2,14-9-6-10-15(18)11-14)17-12-13-7-4-3-5-8-13/h3-11H,12H2,1-2H3. The molecule has 2 aromatic carbocycles. The van der Waals surface area contributed by atoms with Crippen LogP contribution >= 0.6 is 0 Å². The van der Waals surface area contributed by atoms with Gasteiger partial charge in [0, 0.05) is 0 Å². The first-order chi connectivity index (χ1) is 8.58. The smallest absolute Gasteiger partial charge is 0.128 e. The number of hydrogen-bond acceptors (Lipinski definition) is 0. The highest BCUT2D eigenvalue weighted by molar-refractivity contribution is 6.39. The molecule has 0 amide bonds. The largest absolute Gasteiger partial charge is 0.207 e. The van der Waals surface area contributed by atoms with Crippen LogP contribution in [0.5, 0.6) is 0 Å². The molecule has 2 rings (SSSR count). The van der Waals surface area contributed by atoms with E-state index in [0.29, 0.717) is 0 Å². The summed E-state index contributed by atoms with van der Waals surface area (Å²) < 4.78 is 13.2. The Bertz CT molecular complexity index is 506. The Morgan fingerprint density at radius 1 is 1.00 bits per heavy atom. The molecule has 2 heteroatoms. The first-order valence-electron chi connectivity index (χ1n) is 6.22. The van der Waals surface area contributed by atoms with Crippen LogP contribution < -0.4 is 0 Å². The van der Waals surface area contributed by atoms with Gasteiger partial charge in [0.15, 0.2) is 0 Å². The SMILES string of the molecule is CC(C)([B]Cc1ccccc1)c1cccc(F)c1. The van der Waals surface area contributed by atoms with Crippen molar-refractivity contribution in [3.05, 3.63) is 71.5 Å². The van der Waals surface area contributed by atoms with E-state index < -0.39 is 0 Å². The summed E-state index contributed by atoms with van der Waals surface area (Å²) in [4.78, 5) is 0. The molecule has 0 aliphatic rings. The summed E-state index contributed by atoms with van der Waals surface area (Å²) in [6.07, 6.45) is 0.893. The van der Waals surface area contributed by atoms with Crippen molar-refractivity contribution in [2.75, 3.05) is 0 Å². The first-order valence-corrected chi connectivity index (χ1v) is 6.22. The van der Waals surface area contributed by atoms with E-state index in [1.807, 2.05) is 24.3 Å². The molecule has 1 radical (unpaired) electrons. The Labute approximate surface area is 109 Å². The molecule has 0 aliphatic carbocycles. The molecule has 0 aliphatic heterocycles. The molecular weight excluding hydrogens is 222 g/mol. The van der Waals surface area contributed by atoms with Crippen molar-refractivity contribution in [1.29, 1.82) is 0 Å². The van der Waals surface area contributed by atoms with Crippen molar-refractivity contribution >= 4 is 7.28 Å². The summed E-state index contributed by atoms with van der Waals surface area (Å²) in [6.45, 7) is 4.23. The van der Waals surface area contributed by atoms with Crippen LogP contribution in [0.15, 0.2) is 54.6 Å². The summed E-state index contributed by atoms with van der Waals surface area (Å²) in [6, 6.07) is 17.2. The lowest BCUT2D eigenvalue weighted by molar-refractivity contribution is 0.619. The van der Waals surface area contributed by atoms with Gasteiger partial charge >= 0.3 is 0 Å². The van der Waals surface area contributed by atoms with Crippen LogP contribution in [0.3, 0.4) is 0 Å². The van der Waals surface area contributed by atoms with Gasteiger partial charge in [-0.2, -0.15) is 0 Å².